The molecule has 2 nitrogen and oxygen atoms in total. The molecule has 0 fully saturated rings. The highest BCUT2D eigenvalue weighted by Gasteiger charge is 2.31. The summed E-state index contributed by atoms with van der Waals surface area (Å²) in [5.74, 6) is 0. The van der Waals surface area contributed by atoms with Gasteiger partial charge < -0.3 is 5.73 Å². The Bertz CT molecular complexity index is 157. The molecule has 5 heteroatoms. The van der Waals surface area contributed by atoms with E-state index < -0.39 is 12.7 Å². The van der Waals surface area contributed by atoms with Gasteiger partial charge in [-0.1, -0.05) is 6.42 Å². The number of hydrogen-bond acceptors (Lipinski definition) is 2. The second-order valence-electron chi connectivity index (χ2n) is 4.03. The lowest BCUT2D eigenvalue weighted by molar-refractivity contribution is -0.149. The van der Waals surface area contributed by atoms with Crippen molar-refractivity contribution in [3.05, 3.63) is 0 Å². The van der Waals surface area contributed by atoms with Crippen LogP contribution in [0.2, 0.25) is 0 Å². The van der Waals surface area contributed by atoms with Crippen molar-refractivity contribution < 1.29 is 13.2 Å². The number of nitrogens with zero attached hydrogens (tertiary/aromatic N) is 1. The van der Waals surface area contributed by atoms with Gasteiger partial charge in [-0.05, 0) is 39.8 Å². The summed E-state index contributed by atoms with van der Waals surface area (Å²) in [6, 6.07) is -0.0653. The first-order valence-electron chi connectivity index (χ1n) is 5.37. The minimum atomic E-state index is -4.10. The van der Waals surface area contributed by atoms with Gasteiger partial charge in [0.15, 0.2) is 0 Å². The Hall–Kier alpha value is -0.290. The molecular weight excluding hydrogens is 205 g/mol. The first kappa shape index (κ1) is 14.7. The van der Waals surface area contributed by atoms with E-state index in [9.17, 15) is 13.2 Å². The third-order valence-electron chi connectivity index (χ3n) is 2.26. The van der Waals surface area contributed by atoms with Crippen LogP contribution in [-0.2, 0) is 0 Å². The zero-order valence-electron chi connectivity index (χ0n) is 9.48. The van der Waals surface area contributed by atoms with E-state index in [1.54, 1.807) is 13.8 Å². The standard InChI is InChI=1S/C10H21F3N2/c1-9(2)15(8-10(11,12)13)7-5-3-4-6-14/h9H,3-8,14H2,1-2H3. The SMILES string of the molecule is CC(C)N(CCCCCN)CC(F)(F)F. The highest BCUT2D eigenvalue weighted by molar-refractivity contribution is 4.67. The average molecular weight is 226 g/mol. The maximum Gasteiger partial charge on any atom is 0.401 e. The molecule has 0 aliphatic carbocycles. The monoisotopic (exact) mass is 226 g/mol. The van der Waals surface area contributed by atoms with Crippen LogP contribution in [0.1, 0.15) is 33.1 Å². The van der Waals surface area contributed by atoms with Crippen LogP contribution in [0.15, 0.2) is 0 Å². The molecule has 0 rings (SSSR count). The second-order valence-corrected chi connectivity index (χ2v) is 4.03. The lowest BCUT2D eigenvalue weighted by atomic mass is 10.2. The van der Waals surface area contributed by atoms with Gasteiger partial charge in [0, 0.05) is 6.04 Å². The number of hydrogen-bond donors (Lipinski definition) is 1. The van der Waals surface area contributed by atoms with Crippen molar-refractivity contribution in [3.63, 3.8) is 0 Å². The maximum absolute atomic E-state index is 12.2. The van der Waals surface area contributed by atoms with Gasteiger partial charge in [0.25, 0.3) is 0 Å². The lowest BCUT2D eigenvalue weighted by Gasteiger charge is -2.27. The molecule has 0 aromatic heterocycles. The van der Waals surface area contributed by atoms with Crippen molar-refractivity contribution in [3.8, 4) is 0 Å². The Balaban J connectivity index is 3.84. The van der Waals surface area contributed by atoms with Crippen molar-refractivity contribution >= 4 is 0 Å². The van der Waals surface area contributed by atoms with Gasteiger partial charge in [-0.15, -0.1) is 0 Å². The molecule has 0 aliphatic heterocycles. The molecule has 0 unspecified atom stereocenters. The lowest BCUT2D eigenvalue weighted by Crippen LogP contribution is -2.39. The fourth-order valence-electron chi connectivity index (χ4n) is 1.39. The number of rotatable bonds is 7. The summed E-state index contributed by atoms with van der Waals surface area (Å²) in [6.07, 6.45) is -1.53. The maximum atomic E-state index is 12.2. The van der Waals surface area contributed by atoms with Gasteiger partial charge in [0.2, 0.25) is 0 Å². The summed E-state index contributed by atoms with van der Waals surface area (Å²) in [5, 5.41) is 0. The van der Waals surface area contributed by atoms with Crippen molar-refractivity contribution in [2.75, 3.05) is 19.6 Å². The van der Waals surface area contributed by atoms with Crippen molar-refractivity contribution in [2.24, 2.45) is 5.73 Å². The Morgan fingerprint density at radius 3 is 2.13 bits per heavy atom. The molecule has 15 heavy (non-hydrogen) atoms. The van der Waals surface area contributed by atoms with E-state index in [1.165, 1.54) is 4.90 Å². The number of halogens is 3. The Morgan fingerprint density at radius 1 is 1.13 bits per heavy atom. The minimum Gasteiger partial charge on any atom is -0.330 e. The molecule has 0 amide bonds. The van der Waals surface area contributed by atoms with Crippen LogP contribution < -0.4 is 5.73 Å². The number of alkyl halides is 3. The van der Waals surface area contributed by atoms with Crippen LogP contribution in [0.4, 0.5) is 13.2 Å². The molecule has 0 heterocycles. The second kappa shape index (κ2) is 7.06. The fraction of sp³-hybridized carbons (Fsp3) is 1.00. The Kier molecular flexibility index (Phi) is 6.92. The number of nitrogens with two attached hydrogens (primary N) is 1. The number of unbranched alkanes of at least 4 members (excludes halogenated alkanes) is 2. The summed E-state index contributed by atoms with van der Waals surface area (Å²) in [5.41, 5.74) is 5.31. The molecule has 0 atom stereocenters. The third-order valence-corrected chi connectivity index (χ3v) is 2.26. The highest BCUT2D eigenvalue weighted by Crippen LogP contribution is 2.18. The van der Waals surface area contributed by atoms with Crippen LogP contribution in [0.5, 0.6) is 0 Å². The third kappa shape index (κ3) is 8.69. The van der Waals surface area contributed by atoms with Crippen molar-refractivity contribution in [1.29, 1.82) is 0 Å². The van der Waals surface area contributed by atoms with Gasteiger partial charge in [-0.3, -0.25) is 4.90 Å². The Labute approximate surface area is 89.6 Å². The van der Waals surface area contributed by atoms with Gasteiger partial charge in [0.1, 0.15) is 0 Å². The summed E-state index contributed by atoms with van der Waals surface area (Å²) in [4.78, 5) is 1.45. The van der Waals surface area contributed by atoms with E-state index in [-0.39, 0.29) is 6.04 Å². The van der Waals surface area contributed by atoms with Crippen LogP contribution >= 0.6 is 0 Å². The van der Waals surface area contributed by atoms with E-state index in [0.717, 1.165) is 19.3 Å². The van der Waals surface area contributed by atoms with Crippen molar-refractivity contribution in [2.45, 2.75) is 45.3 Å². The van der Waals surface area contributed by atoms with Gasteiger partial charge >= 0.3 is 6.18 Å². The normalized spacial score (nSPS) is 12.8. The largest absolute Gasteiger partial charge is 0.401 e. The summed E-state index contributed by atoms with van der Waals surface area (Å²) in [7, 11) is 0. The molecule has 0 aromatic carbocycles. The molecule has 0 bridgehead atoms. The molecular formula is C10H21F3N2. The average Bonchev–Trinajstić information content (AvgIpc) is 2.08. The molecule has 0 aromatic rings. The molecule has 0 saturated heterocycles. The van der Waals surface area contributed by atoms with Crippen LogP contribution in [0.25, 0.3) is 0 Å². The van der Waals surface area contributed by atoms with Crippen LogP contribution in [0.3, 0.4) is 0 Å². The Morgan fingerprint density at radius 2 is 1.73 bits per heavy atom. The van der Waals surface area contributed by atoms with Crippen molar-refractivity contribution in [1.82, 2.24) is 4.90 Å². The van der Waals surface area contributed by atoms with Gasteiger partial charge in [-0.2, -0.15) is 13.2 Å². The van der Waals surface area contributed by atoms with E-state index in [0.29, 0.717) is 13.1 Å². The molecule has 0 saturated carbocycles. The van der Waals surface area contributed by atoms with E-state index >= 15 is 0 Å². The molecule has 92 valence electrons. The first-order valence-corrected chi connectivity index (χ1v) is 5.37. The molecule has 0 radical (unpaired) electrons. The summed E-state index contributed by atoms with van der Waals surface area (Å²) < 4.78 is 36.5. The van der Waals surface area contributed by atoms with E-state index in [2.05, 4.69) is 0 Å². The molecule has 0 aliphatic rings. The zero-order chi connectivity index (χ0) is 11.9. The van der Waals surface area contributed by atoms with E-state index in [4.69, 9.17) is 5.73 Å². The quantitative estimate of drug-likeness (QED) is 0.675. The highest BCUT2D eigenvalue weighted by atomic mass is 19.4. The predicted molar refractivity (Wildman–Crippen MR) is 55.7 cm³/mol. The molecule has 0 spiro atoms. The summed E-state index contributed by atoms with van der Waals surface area (Å²) in [6.45, 7) is 3.87. The van der Waals surface area contributed by atoms with Gasteiger partial charge in [-0.25, -0.2) is 0 Å². The predicted octanol–water partition coefficient (Wildman–Crippen LogP) is 2.39. The van der Waals surface area contributed by atoms with Gasteiger partial charge in [0.05, 0.1) is 6.54 Å². The topological polar surface area (TPSA) is 29.3 Å². The van der Waals surface area contributed by atoms with Crippen LogP contribution in [0, 0.1) is 0 Å². The smallest absolute Gasteiger partial charge is 0.330 e. The molecule has 2 N–H and O–H groups in total. The minimum absolute atomic E-state index is 0.0653. The fourth-order valence-corrected chi connectivity index (χ4v) is 1.39. The first-order chi connectivity index (χ1) is 6.87. The van der Waals surface area contributed by atoms with E-state index in [1.807, 2.05) is 0 Å². The van der Waals surface area contributed by atoms with Crippen LogP contribution in [-0.4, -0.2) is 36.8 Å². The summed E-state index contributed by atoms with van der Waals surface area (Å²) >= 11 is 0. The zero-order valence-corrected chi connectivity index (χ0v) is 9.48.